The van der Waals surface area contributed by atoms with Crippen molar-refractivity contribution >= 4 is 38.9 Å². The molecule has 5 nitrogen and oxygen atoms in total. The number of rotatable bonds is 6. The maximum absolute atomic E-state index is 13.1. The zero-order valence-electron chi connectivity index (χ0n) is 18.5. The largest absolute Gasteiger partial charge is 0.342 e. The molecule has 174 valence electrons. The number of carbonyl (C=O) groups is 1. The molecule has 0 N–H and O–H groups in total. The van der Waals surface area contributed by atoms with Gasteiger partial charge >= 0.3 is 0 Å². The number of sulfonamides is 1. The molecule has 0 aliphatic carbocycles. The van der Waals surface area contributed by atoms with Crippen molar-refractivity contribution in [3.05, 3.63) is 52.4 Å². The van der Waals surface area contributed by atoms with Gasteiger partial charge in [-0.1, -0.05) is 48.9 Å². The van der Waals surface area contributed by atoms with Crippen LogP contribution in [0.5, 0.6) is 0 Å². The van der Waals surface area contributed by atoms with Crippen molar-refractivity contribution in [3.8, 4) is 0 Å². The van der Waals surface area contributed by atoms with Crippen LogP contribution in [0.1, 0.15) is 38.2 Å². The molecule has 2 saturated heterocycles. The second-order valence-electron chi connectivity index (χ2n) is 9.05. The molecule has 0 bridgehead atoms. The summed E-state index contributed by atoms with van der Waals surface area (Å²) in [5.74, 6) is 1.02. The molecule has 0 unspecified atom stereocenters. The van der Waals surface area contributed by atoms with E-state index in [2.05, 4.69) is 24.3 Å². The number of amides is 1. The molecule has 2 fully saturated rings. The Labute approximate surface area is 200 Å². The lowest BCUT2D eigenvalue weighted by molar-refractivity contribution is -0.138. The highest BCUT2D eigenvalue weighted by Crippen LogP contribution is 2.33. The Morgan fingerprint density at radius 3 is 2.28 bits per heavy atom. The average molecular weight is 495 g/mol. The summed E-state index contributed by atoms with van der Waals surface area (Å²) in [6, 6.07) is 13.8. The summed E-state index contributed by atoms with van der Waals surface area (Å²) in [4.78, 5) is 15.2. The highest BCUT2D eigenvalue weighted by Gasteiger charge is 2.36. The molecule has 0 radical (unpaired) electrons. The minimum absolute atomic E-state index is 0.0679. The molecular weight excluding hydrogens is 464 g/mol. The maximum Gasteiger partial charge on any atom is 0.252 e. The number of halogens is 1. The van der Waals surface area contributed by atoms with Crippen LogP contribution in [-0.4, -0.2) is 49.7 Å². The summed E-state index contributed by atoms with van der Waals surface area (Å²) in [5, 5.41) is 0. The first-order valence-corrected chi connectivity index (χ1v) is 14.1. The number of hydrogen-bond acceptors (Lipinski definition) is 4. The van der Waals surface area contributed by atoms with Gasteiger partial charge < -0.3 is 4.90 Å². The van der Waals surface area contributed by atoms with Gasteiger partial charge in [-0.2, -0.15) is 4.31 Å². The van der Waals surface area contributed by atoms with Crippen LogP contribution in [-0.2, 0) is 21.2 Å². The number of benzene rings is 1. The van der Waals surface area contributed by atoms with Crippen LogP contribution in [0.15, 0.2) is 46.7 Å². The van der Waals surface area contributed by atoms with E-state index in [1.165, 1.54) is 9.87 Å². The van der Waals surface area contributed by atoms with Crippen LogP contribution in [0.25, 0.3) is 0 Å². The van der Waals surface area contributed by atoms with Crippen LogP contribution >= 0.6 is 22.9 Å². The third-order valence-electron chi connectivity index (χ3n) is 7.03. The molecular formula is C24H31ClN2O3S2. The summed E-state index contributed by atoms with van der Waals surface area (Å²) in [5.41, 5.74) is 1.37. The summed E-state index contributed by atoms with van der Waals surface area (Å²) in [7, 11) is -3.49. The van der Waals surface area contributed by atoms with Crippen molar-refractivity contribution in [1.82, 2.24) is 9.21 Å². The fourth-order valence-corrected chi connectivity index (χ4v) is 8.08. The van der Waals surface area contributed by atoms with E-state index >= 15 is 0 Å². The predicted octanol–water partition coefficient (Wildman–Crippen LogP) is 4.92. The monoisotopic (exact) mass is 494 g/mol. The van der Waals surface area contributed by atoms with Crippen molar-refractivity contribution in [2.24, 2.45) is 17.8 Å². The van der Waals surface area contributed by atoms with E-state index in [0.717, 1.165) is 56.5 Å². The van der Waals surface area contributed by atoms with E-state index in [1.54, 1.807) is 12.1 Å². The number of carbonyl (C=O) groups excluding carboxylic acids is 1. The highest BCUT2D eigenvalue weighted by molar-refractivity contribution is 7.91. The van der Waals surface area contributed by atoms with Gasteiger partial charge in [-0.15, -0.1) is 11.3 Å². The molecule has 2 aliphatic heterocycles. The number of hydrogen-bond donors (Lipinski definition) is 0. The summed E-state index contributed by atoms with van der Waals surface area (Å²) >= 11 is 7.02. The molecule has 4 rings (SSSR count). The Bertz CT molecular complexity index is 1010. The molecule has 2 aromatic rings. The smallest absolute Gasteiger partial charge is 0.252 e. The third-order valence-corrected chi connectivity index (χ3v) is 10.6. The van der Waals surface area contributed by atoms with Crippen LogP contribution in [0.4, 0.5) is 0 Å². The molecule has 2 aliphatic rings. The van der Waals surface area contributed by atoms with E-state index in [9.17, 15) is 13.2 Å². The van der Waals surface area contributed by atoms with Crippen molar-refractivity contribution in [2.75, 3.05) is 26.2 Å². The summed E-state index contributed by atoms with van der Waals surface area (Å²) in [6.45, 7) is 4.59. The van der Waals surface area contributed by atoms with Gasteiger partial charge in [0.1, 0.15) is 4.21 Å². The third kappa shape index (κ3) is 5.38. The van der Waals surface area contributed by atoms with E-state index < -0.39 is 10.0 Å². The van der Waals surface area contributed by atoms with Gasteiger partial charge in [0, 0.05) is 32.1 Å². The van der Waals surface area contributed by atoms with Crippen molar-refractivity contribution < 1.29 is 13.2 Å². The van der Waals surface area contributed by atoms with Crippen molar-refractivity contribution in [3.63, 3.8) is 0 Å². The lowest BCUT2D eigenvalue weighted by atomic mass is 9.84. The molecule has 0 saturated carbocycles. The Hall–Kier alpha value is -1.41. The lowest BCUT2D eigenvalue weighted by Gasteiger charge is -2.38. The molecule has 32 heavy (non-hydrogen) atoms. The van der Waals surface area contributed by atoms with Gasteiger partial charge in [0.05, 0.1) is 4.34 Å². The van der Waals surface area contributed by atoms with Gasteiger partial charge in [-0.25, -0.2) is 8.42 Å². The number of likely N-dealkylation sites (tertiary alicyclic amines) is 1. The van der Waals surface area contributed by atoms with Crippen LogP contribution in [0.3, 0.4) is 0 Å². The minimum atomic E-state index is -3.49. The fraction of sp³-hybridized carbons (Fsp3) is 0.542. The Kier molecular flexibility index (Phi) is 7.60. The number of nitrogens with zero attached hydrogens (tertiary/aromatic N) is 2. The summed E-state index contributed by atoms with van der Waals surface area (Å²) in [6.07, 6.45) is 4.62. The standard InChI is InChI=1S/C24H31ClN2O3S2/c1-18(21-11-15-27(16-12-21)32(29,30)23-8-7-22(25)31-23)24(28)26-13-9-20(10-14-26)17-19-5-3-2-4-6-19/h2-8,18,20-21H,9-17H2,1H3/t18-/m1/s1. The SMILES string of the molecule is C[C@@H](C(=O)N1CCC(Cc2ccccc2)CC1)C1CCN(S(=O)(=O)c2ccc(Cl)s2)CC1. The Morgan fingerprint density at radius 2 is 1.69 bits per heavy atom. The van der Waals surface area contributed by atoms with Gasteiger partial charge in [-0.3, -0.25) is 4.79 Å². The normalized spacial score (nSPS) is 20.4. The molecule has 1 amide bonds. The first-order valence-electron chi connectivity index (χ1n) is 11.4. The van der Waals surface area contributed by atoms with Crippen molar-refractivity contribution in [1.29, 1.82) is 0 Å². The van der Waals surface area contributed by atoms with E-state index in [0.29, 0.717) is 27.6 Å². The zero-order chi connectivity index (χ0) is 22.7. The first-order chi connectivity index (χ1) is 15.3. The number of piperidine rings is 2. The van der Waals surface area contributed by atoms with E-state index in [1.807, 2.05) is 17.9 Å². The van der Waals surface area contributed by atoms with E-state index in [-0.39, 0.29) is 17.7 Å². The zero-order valence-corrected chi connectivity index (χ0v) is 20.8. The van der Waals surface area contributed by atoms with Gasteiger partial charge in [0.25, 0.3) is 10.0 Å². The molecule has 8 heteroatoms. The van der Waals surface area contributed by atoms with Gasteiger partial charge in [0.2, 0.25) is 5.91 Å². The topological polar surface area (TPSA) is 57.7 Å². The quantitative estimate of drug-likeness (QED) is 0.572. The highest BCUT2D eigenvalue weighted by atomic mass is 35.5. The van der Waals surface area contributed by atoms with E-state index in [4.69, 9.17) is 11.6 Å². The van der Waals surface area contributed by atoms with Gasteiger partial charge in [0.15, 0.2) is 0 Å². The Morgan fingerprint density at radius 1 is 1.03 bits per heavy atom. The minimum Gasteiger partial charge on any atom is -0.342 e. The second kappa shape index (κ2) is 10.2. The molecule has 1 atom stereocenters. The molecule has 3 heterocycles. The Balaban J connectivity index is 1.26. The van der Waals surface area contributed by atoms with Gasteiger partial charge in [-0.05, 0) is 61.6 Å². The predicted molar refractivity (Wildman–Crippen MR) is 129 cm³/mol. The van der Waals surface area contributed by atoms with Crippen LogP contribution < -0.4 is 0 Å². The van der Waals surface area contributed by atoms with Crippen LogP contribution in [0, 0.1) is 17.8 Å². The van der Waals surface area contributed by atoms with Crippen LogP contribution in [0.2, 0.25) is 4.34 Å². The second-order valence-corrected chi connectivity index (χ2v) is 12.9. The molecule has 0 spiro atoms. The summed E-state index contributed by atoms with van der Waals surface area (Å²) < 4.78 is 28.0. The van der Waals surface area contributed by atoms with Crippen molar-refractivity contribution in [2.45, 2.75) is 43.2 Å². The fourth-order valence-electron chi connectivity index (χ4n) is 4.97. The lowest BCUT2D eigenvalue weighted by Crippen LogP contribution is -2.46. The first kappa shape index (κ1) is 23.7. The average Bonchev–Trinajstić information content (AvgIpc) is 3.26. The maximum atomic E-state index is 13.1. The molecule has 1 aromatic heterocycles. The molecule has 1 aromatic carbocycles. The number of thiophene rings is 1.